The molecule has 0 radical (unpaired) electrons. The average Bonchev–Trinajstić information content (AvgIpc) is 2.52. The first-order valence-corrected chi connectivity index (χ1v) is 6.58. The first-order chi connectivity index (χ1) is 10.1. The molecule has 0 N–H and O–H groups in total. The minimum atomic E-state index is -0.272. The van der Waals surface area contributed by atoms with Gasteiger partial charge in [-0.15, -0.1) is 0 Å². The second kappa shape index (κ2) is 6.66. The fraction of sp³-hybridized carbons (Fsp3) is 0.111. The predicted octanol–water partition coefficient (Wildman–Crippen LogP) is 3.55. The summed E-state index contributed by atoms with van der Waals surface area (Å²) in [6.45, 7) is 1.40. The SMILES string of the molecule is COc1cccc(C=C(C(C)=O)C(=O)c2ccccc2)c1. The van der Waals surface area contributed by atoms with Crippen LogP contribution in [0.4, 0.5) is 0 Å². The van der Waals surface area contributed by atoms with Gasteiger partial charge in [0, 0.05) is 5.56 Å². The highest BCUT2D eigenvalue weighted by atomic mass is 16.5. The monoisotopic (exact) mass is 280 g/mol. The molecule has 0 heterocycles. The molecule has 0 aliphatic heterocycles. The van der Waals surface area contributed by atoms with Crippen molar-refractivity contribution in [2.45, 2.75) is 6.92 Å². The van der Waals surface area contributed by atoms with Gasteiger partial charge in [-0.2, -0.15) is 0 Å². The third-order valence-electron chi connectivity index (χ3n) is 3.06. The molecule has 0 spiro atoms. The lowest BCUT2D eigenvalue weighted by atomic mass is 9.98. The van der Waals surface area contributed by atoms with Gasteiger partial charge in [0.25, 0.3) is 0 Å². The lowest BCUT2D eigenvalue weighted by Crippen LogP contribution is -2.10. The maximum atomic E-state index is 12.4. The van der Waals surface area contributed by atoms with E-state index in [1.54, 1.807) is 43.5 Å². The van der Waals surface area contributed by atoms with Crippen LogP contribution >= 0.6 is 0 Å². The minimum Gasteiger partial charge on any atom is -0.497 e. The largest absolute Gasteiger partial charge is 0.497 e. The molecule has 0 saturated heterocycles. The molecule has 2 aromatic rings. The topological polar surface area (TPSA) is 43.4 Å². The van der Waals surface area contributed by atoms with Crippen molar-refractivity contribution in [3.63, 3.8) is 0 Å². The van der Waals surface area contributed by atoms with Gasteiger partial charge in [0.1, 0.15) is 5.75 Å². The van der Waals surface area contributed by atoms with Gasteiger partial charge in [0.2, 0.25) is 0 Å². The number of carbonyl (C=O) groups excluding carboxylic acids is 2. The lowest BCUT2D eigenvalue weighted by Gasteiger charge is -2.05. The van der Waals surface area contributed by atoms with Crippen LogP contribution in [-0.2, 0) is 4.79 Å². The summed E-state index contributed by atoms with van der Waals surface area (Å²) in [4.78, 5) is 24.2. The highest BCUT2D eigenvalue weighted by molar-refractivity contribution is 6.28. The molecule has 0 aliphatic rings. The van der Waals surface area contributed by atoms with E-state index in [1.807, 2.05) is 24.3 Å². The van der Waals surface area contributed by atoms with Crippen molar-refractivity contribution in [2.75, 3.05) is 7.11 Å². The fourth-order valence-electron chi connectivity index (χ4n) is 1.97. The minimum absolute atomic E-state index is 0.162. The molecule has 0 bridgehead atoms. The number of Topliss-reactive ketones (excluding diaryl/α,β-unsaturated/α-hetero) is 2. The Bertz CT molecular complexity index is 685. The number of ketones is 2. The number of methoxy groups -OCH3 is 1. The molecule has 3 heteroatoms. The van der Waals surface area contributed by atoms with Gasteiger partial charge in [-0.25, -0.2) is 0 Å². The van der Waals surface area contributed by atoms with Crippen LogP contribution in [0.15, 0.2) is 60.2 Å². The Morgan fingerprint density at radius 1 is 1.00 bits per heavy atom. The number of allylic oxidation sites excluding steroid dienone is 1. The Labute approximate surface area is 123 Å². The first kappa shape index (κ1) is 14.7. The molecule has 0 aliphatic carbocycles. The molecule has 0 fully saturated rings. The standard InChI is InChI=1S/C18H16O3/c1-13(19)17(18(20)15-8-4-3-5-9-15)12-14-7-6-10-16(11-14)21-2/h3-12H,1-2H3. The molecular formula is C18H16O3. The summed E-state index contributed by atoms with van der Waals surface area (Å²) in [5, 5.41) is 0. The molecule has 0 aromatic heterocycles. The summed E-state index contributed by atoms with van der Waals surface area (Å²) in [5.74, 6) is 0.149. The highest BCUT2D eigenvalue weighted by Gasteiger charge is 2.16. The highest BCUT2D eigenvalue weighted by Crippen LogP contribution is 2.18. The number of hydrogen-bond donors (Lipinski definition) is 0. The van der Waals surface area contributed by atoms with Crippen LogP contribution in [0.5, 0.6) is 5.75 Å². The van der Waals surface area contributed by atoms with Crippen LogP contribution in [-0.4, -0.2) is 18.7 Å². The van der Waals surface area contributed by atoms with Crippen molar-refractivity contribution in [2.24, 2.45) is 0 Å². The van der Waals surface area contributed by atoms with E-state index in [4.69, 9.17) is 4.74 Å². The molecule has 3 nitrogen and oxygen atoms in total. The number of hydrogen-bond acceptors (Lipinski definition) is 3. The van der Waals surface area contributed by atoms with Gasteiger partial charge >= 0.3 is 0 Å². The molecule has 2 rings (SSSR count). The Morgan fingerprint density at radius 3 is 2.33 bits per heavy atom. The van der Waals surface area contributed by atoms with Crippen molar-refractivity contribution < 1.29 is 14.3 Å². The quantitative estimate of drug-likeness (QED) is 0.364. The van der Waals surface area contributed by atoms with E-state index in [9.17, 15) is 9.59 Å². The Morgan fingerprint density at radius 2 is 1.71 bits per heavy atom. The van der Waals surface area contributed by atoms with E-state index in [2.05, 4.69) is 0 Å². The smallest absolute Gasteiger partial charge is 0.196 e. The number of benzene rings is 2. The Hall–Kier alpha value is -2.68. The van der Waals surface area contributed by atoms with Crippen LogP contribution in [0.1, 0.15) is 22.8 Å². The van der Waals surface area contributed by atoms with Crippen LogP contribution in [0.25, 0.3) is 6.08 Å². The molecule has 0 unspecified atom stereocenters. The van der Waals surface area contributed by atoms with Gasteiger partial charge in [-0.1, -0.05) is 42.5 Å². The number of ether oxygens (including phenoxy) is 1. The zero-order valence-corrected chi connectivity index (χ0v) is 12.0. The Kier molecular flexibility index (Phi) is 4.67. The summed E-state index contributed by atoms with van der Waals surface area (Å²) in [6.07, 6.45) is 1.60. The summed E-state index contributed by atoms with van der Waals surface area (Å²) >= 11 is 0. The lowest BCUT2D eigenvalue weighted by molar-refractivity contribution is -0.113. The van der Waals surface area contributed by atoms with Crippen LogP contribution in [0.3, 0.4) is 0 Å². The second-order valence-corrected chi connectivity index (χ2v) is 4.59. The van der Waals surface area contributed by atoms with Crippen molar-refractivity contribution in [1.29, 1.82) is 0 Å². The van der Waals surface area contributed by atoms with Crippen molar-refractivity contribution in [1.82, 2.24) is 0 Å². The fourth-order valence-corrected chi connectivity index (χ4v) is 1.97. The molecule has 0 atom stereocenters. The maximum Gasteiger partial charge on any atom is 0.196 e. The van der Waals surface area contributed by atoms with Crippen LogP contribution in [0.2, 0.25) is 0 Å². The molecule has 106 valence electrons. The average molecular weight is 280 g/mol. The van der Waals surface area contributed by atoms with Crippen molar-refractivity contribution >= 4 is 17.6 Å². The molecular weight excluding hydrogens is 264 g/mol. The van der Waals surface area contributed by atoms with Gasteiger partial charge in [-0.05, 0) is 30.7 Å². The van der Waals surface area contributed by atoms with Crippen molar-refractivity contribution in [3.8, 4) is 5.75 Å². The number of rotatable bonds is 5. The van der Waals surface area contributed by atoms with Gasteiger partial charge in [-0.3, -0.25) is 9.59 Å². The summed E-state index contributed by atoms with van der Waals surface area (Å²) in [7, 11) is 1.57. The van der Waals surface area contributed by atoms with Gasteiger partial charge in [0.15, 0.2) is 11.6 Å². The van der Waals surface area contributed by atoms with Crippen LogP contribution in [0, 0.1) is 0 Å². The first-order valence-electron chi connectivity index (χ1n) is 6.58. The predicted molar refractivity (Wildman–Crippen MR) is 82.4 cm³/mol. The van der Waals surface area contributed by atoms with E-state index in [-0.39, 0.29) is 17.1 Å². The maximum absolute atomic E-state index is 12.4. The molecule has 0 saturated carbocycles. The van der Waals surface area contributed by atoms with E-state index in [0.717, 1.165) is 5.56 Å². The van der Waals surface area contributed by atoms with Crippen LogP contribution < -0.4 is 4.74 Å². The van der Waals surface area contributed by atoms with Crippen molar-refractivity contribution in [3.05, 3.63) is 71.3 Å². The zero-order valence-electron chi connectivity index (χ0n) is 12.0. The third-order valence-corrected chi connectivity index (χ3v) is 3.06. The summed E-state index contributed by atoms with van der Waals surface area (Å²) in [6, 6.07) is 16.0. The summed E-state index contributed by atoms with van der Waals surface area (Å²) in [5.41, 5.74) is 1.42. The van der Waals surface area contributed by atoms with E-state index < -0.39 is 0 Å². The van der Waals surface area contributed by atoms with E-state index in [1.165, 1.54) is 6.92 Å². The molecule has 0 amide bonds. The number of carbonyl (C=O) groups is 2. The normalized spacial score (nSPS) is 11.0. The molecule has 21 heavy (non-hydrogen) atoms. The molecule has 2 aromatic carbocycles. The van der Waals surface area contributed by atoms with E-state index >= 15 is 0 Å². The summed E-state index contributed by atoms with van der Waals surface area (Å²) < 4.78 is 5.14. The second-order valence-electron chi connectivity index (χ2n) is 4.59. The zero-order chi connectivity index (χ0) is 15.2. The Balaban J connectivity index is 2.41. The van der Waals surface area contributed by atoms with E-state index in [0.29, 0.717) is 11.3 Å². The van der Waals surface area contributed by atoms with Gasteiger partial charge < -0.3 is 4.74 Å². The van der Waals surface area contributed by atoms with Gasteiger partial charge in [0.05, 0.1) is 12.7 Å². The third kappa shape index (κ3) is 3.66.